The molecular weight excluding hydrogens is 531 g/mol. The number of carbonyl (C=O) groups excluding carboxylic acids is 2. The van der Waals surface area contributed by atoms with Gasteiger partial charge in [0.1, 0.15) is 11.7 Å². The van der Waals surface area contributed by atoms with Crippen molar-refractivity contribution in [2.45, 2.75) is 18.5 Å². The molecule has 0 spiro atoms. The smallest absolute Gasteiger partial charge is 0.240 e. The van der Waals surface area contributed by atoms with Gasteiger partial charge in [0.05, 0.1) is 18.9 Å². The summed E-state index contributed by atoms with van der Waals surface area (Å²) in [6.07, 6.45) is 3.14. The monoisotopic (exact) mass is 557 g/mol. The van der Waals surface area contributed by atoms with Crippen LogP contribution in [0.4, 0.5) is 13.2 Å². The van der Waals surface area contributed by atoms with Gasteiger partial charge in [-0.25, -0.2) is 18.2 Å². The van der Waals surface area contributed by atoms with Crippen molar-refractivity contribution in [3.63, 3.8) is 0 Å². The molecule has 0 saturated carbocycles. The maximum Gasteiger partial charge on any atom is 0.240 e. The first kappa shape index (κ1) is 28.0. The Morgan fingerprint density at radius 2 is 1.69 bits per heavy atom. The summed E-state index contributed by atoms with van der Waals surface area (Å²) in [5, 5.41) is 1.48. The Balaban J connectivity index is 1.75. The molecule has 3 aromatic rings. The number of hydrogen-bond acceptors (Lipinski definition) is 5. The van der Waals surface area contributed by atoms with Crippen molar-refractivity contribution >= 4 is 22.6 Å². The molecule has 2 aromatic carbocycles. The van der Waals surface area contributed by atoms with Crippen LogP contribution in [0.2, 0.25) is 0 Å². The molecule has 1 aliphatic rings. The van der Waals surface area contributed by atoms with Crippen LogP contribution in [0.15, 0.2) is 66.2 Å². The zero-order valence-corrected chi connectivity index (χ0v) is 22.3. The molecule has 2 amide bonds. The SMILES string of the molecule is COc1cc(CN(C(=O)C(C(=O)N(C)C)c2ccc(-c3ccc(F)c(F)c3)cc2F)C2C=CS(=O)C2)ccn1. The van der Waals surface area contributed by atoms with Gasteiger partial charge in [-0.05, 0) is 41.0 Å². The number of nitrogens with zero attached hydrogens (tertiary/aromatic N) is 3. The Hall–Kier alpha value is -3.99. The summed E-state index contributed by atoms with van der Waals surface area (Å²) >= 11 is 0. The van der Waals surface area contributed by atoms with Crippen molar-refractivity contribution in [2.75, 3.05) is 27.0 Å². The summed E-state index contributed by atoms with van der Waals surface area (Å²) in [5.74, 6) is -5.41. The van der Waals surface area contributed by atoms with Crippen molar-refractivity contribution in [1.82, 2.24) is 14.8 Å². The van der Waals surface area contributed by atoms with Gasteiger partial charge in [-0.1, -0.05) is 24.3 Å². The molecule has 0 saturated heterocycles. The van der Waals surface area contributed by atoms with Gasteiger partial charge in [0.15, 0.2) is 11.6 Å². The normalized spacial score (nSPS) is 17.1. The van der Waals surface area contributed by atoms with E-state index in [2.05, 4.69) is 4.98 Å². The maximum absolute atomic E-state index is 15.6. The van der Waals surface area contributed by atoms with E-state index in [0.29, 0.717) is 11.4 Å². The van der Waals surface area contributed by atoms with E-state index in [-0.39, 0.29) is 29.0 Å². The van der Waals surface area contributed by atoms with Crippen LogP contribution in [0.1, 0.15) is 17.0 Å². The van der Waals surface area contributed by atoms with Crippen LogP contribution in [-0.2, 0) is 26.9 Å². The number of rotatable bonds is 8. The molecular formula is C28H26F3N3O4S. The lowest BCUT2D eigenvalue weighted by molar-refractivity contribution is -0.143. The summed E-state index contributed by atoms with van der Waals surface area (Å²) in [7, 11) is 3.07. The summed E-state index contributed by atoms with van der Waals surface area (Å²) in [5.41, 5.74) is 0.943. The second-order valence-corrected chi connectivity index (χ2v) is 10.5. The molecule has 0 fully saturated rings. The lowest BCUT2D eigenvalue weighted by atomic mass is 9.92. The molecule has 7 nitrogen and oxygen atoms in total. The van der Waals surface area contributed by atoms with Gasteiger partial charge in [-0.2, -0.15) is 0 Å². The van der Waals surface area contributed by atoms with Crippen LogP contribution < -0.4 is 4.74 Å². The Morgan fingerprint density at radius 1 is 1.00 bits per heavy atom. The minimum Gasteiger partial charge on any atom is -0.481 e. The molecule has 1 aliphatic heterocycles. The molecule has 4 rings (SSSR count). The van der Waals surface area contributed by atoms with Crippen molar-refractivity contribution in [3.05, 3.63) is 94.8 Å². The van der Waals surface area contributed by atoms with Gasteiger partial charge in [-0.15, -0.1) is 0 Å². The Labute approximate surface area is 226 Å². The molecule has 39 heavy (non-hydrogen) atoms. The number of pyridine rings is 1. The van der Waals surface area contributed by atoms with Crippen LogP contribution in [0.25, 0.3) is 11.1 Å². The average Bonchev–Trinajstić information content (AvgIpc) is 3.35. The number of amides is 2. The number of hydrogen-bond donors (Lipinski definition) is 0. The van der Waals surface area contributed by atoms with E-state index in [1.807, 2.05) is 0 Å². The molecule has 1 aromatic heterocycles. The first-order chi connectivity index (χ1) is 18.6. The highest BCUT2D eigenvalue weighted by Gasteiger charge is 2.38. The van der Waals surface area contributed by atoms with Crippen molar-refractivity contribution in [2.24, 2.45) is 0 Å². The molecule has 3 atom stereocenters. The first-order valence-electron chi connectivity index (χ1n) is 11.9. The number of benzene rings is 2. The molecule has 0 bridgehead atoms. The van der Waals surface area contributed by atoms with Gasteiger partial charge in [0, 0.05) is 54.7 Å². The minimum absolute atomic E-state index is 0.0235. The van der Waals surface area contributed by atoms with E-state index in [1.54, 1.807) is 18.2 Å². The molecule has 0 aliphatic carbocycles. The number of carbonyl (C=O) groups is 2. The van der Waals surface area contributed by atoms with Gasteiger partial charge in [0.2, 0.25) is 17.7 Å². The van der Waals surface area contributed by atoms with E-state index in [9.17, 15) is 22.6 Å². The molecule has 2 heterocycles. The van der Waals surface area contributed by atoms with E-state index in [0.717, 1.165) is 18.2 Å². The summed E-state index contributed by atoms with van der Waals surface area (Å²) in [6, 6.07) is 9.71. The highest BCUT2D eigenvalue weighted by atomic mass is 32.2. The lowest BCUT2D eigenvalue weighted by Gasteiger charge is -2.32. The molecule has 204 valence electrons. The summed E-state index contributed by atoms with van der Waals surface area (Å²) in [6.45, 7) is 0.0235. The van der Waals surface area contributed by atoms with E-state index in [1.165, 1.54) is 60.8 Å². The van der Waals surface area contributed by atoms with Crippen molar-refractivity contribution < 1.29 is 31.7 Å². The van der Waals surface area contributed by atoms with Gasteiger partial charge >= 0.3 is 0 Å². The third kappa shape index (κ3) is 6.19. The summed E-state index contributed by atoms with van der Waals surface area (Å²) in [4.78, 5) is 34.1. The van der Waals surface area contributed by atoms with E-state index in [4.69, 9.17) is 4.74 Å². The molecule has 11 heteroatoms. The van der Waals surface area contributed by atoms with Crippen LogP contribution in [-0.4, -0.2) is 63.8 Å². The minimum atomic E-state index is -1.55. The number of methoxy groups -OCH3 is 1. The van der Waals surface area contributed by atoms with Crippen LogP contribution in [0.3, 0.4) is 0 Å². The Bertz CT molecular complexity index is 1460. The van der Waals surface area contributed by atoms with Crippen LogP contribution in [0.5, 0.6) is 5.88 Å². The number of likely N-dealkylation sites (N-methyl/N-ethyl adjacent to an activating group) is 1. The highest BCUT2D eigenvalue weighted by Crippen LogP contribution is 2.31. The molecule has 0 radical (unpaired) electrons. The third-order valence-corrected chi connectivity index (χ3v) is 7.46. The fourth-order valence-electron chi connectivity index (χ4n) is 4.28. The molecule has 0 N–H and O–H groups in total. The van der Waals surface area contributed by atoms with Crippen molar-refractivity contribution in [3.8, 4) is 17.0 Å². The van der Waals surface area contributed by atoms with Gasteiger partial charge < -0.3 is 14.5 Å². The van der Waals surface area contributed by atoms with E-state index < -0.39 is 52.0 Å². The molecule has 3 unspecified atom stereocenters. The van der Waals surface area contributed by atoms with Crippen LogP contribution in [0, 0.1) is 17.5 Å². The largest absolute Gasteiger partial charge is 0.481 e. The Kier molecular flexibility index (Phi) is 8.49. The Morgan fingerprint density at radius 3 is 2.28 bits per heavy atom. The van der Waals surface area contributed by atoms with Gasteiger partial charge in [-0.3, -0.25) is 13.8 Å². The second kappa shape index (κ2) is 11.8. The number of ether oxygens (including phenoxy) is 1. The fourth-order valence-corrected chi connectivity index (χ4v) is 5.37. The number of aromatic nitrogens is 1. The fraction of sp³-hybridized carbons (Fsp3) is 0.250. The standard InChI is InChI=1S/C28H26F3N3O4S/c1-33(2)27(35)26(21-6-4-18(13-23(21)30)19-5-7-22(29)24(31)14-19)28(36)34(20-9-11-39(37)16-20)15-17-8-10-32-25(12-17)38-3/h4-14,20,26H,15-16H2,1-3H3. The highest BCUT2D eigenvalue weighted by molar-refractivity contribution is 7.88. The zero-order chi connectivity index (χ0) is 28.3. The second-order valence-electron chi connectivity index (χ2n) is 9.15. The first-order valence-corrected chi connectivity index (χ1v) is 13.3. The quantitative estimate of drug-likeness (QED) is 0.391. The van der Waals surface area contributed by atoms with Crippen molar-refractivity contribution in [1.29, 1.82) is 0 Å². The predicted octanol–water partition coefficient (Wildman–Crippen LogP) is 4.02. The lowest BCUT2D eigenvalue weighted by Crippen LogP contribution is -2.46. The van der Waals surface area contributed by atoms with E-state index >= 15 is 4.39 Å². The zero-order valence-electron chi connectivity index (χ0n) is 21.4. The topological polar surface area (TPSA) is 79.8 Å². The maximum atomic E-state index is 15.6. The predicted molar refractivity (Wildman–Crippen MR) is 140 cm³/mol. The third-order valence-electron chi connectivity index (χ3n) is 6.33. The summed E-state index contributed by atoms with van der Waals surface area (Å²) < 4.78 is 60.0. The van der Waals surface area contributed by atoms with Gasteiger partial charge in [0.25, 0.3) is 0 Å². The average molecular weight is 558 g/mol. The van der Waals surface area contributed by atoms with Crippen LogP contribution >= 0.6 is 0 Å². The number of halogens is 3.